The minimum absolute atomic E-state index is 0.0951. The molecule has 0 saturated heterocycles. The highest BCUT2D eigenvalue weighted by Crippen LogP contribution is 2.11. The summed E-state index contributed by atoms with van der Waals surface area (Å²) in [6, 6.07) is 9.38. The van der Waals surface area contributed by atoms with Gasteiger partial charge in [0.1, 0.15) is 10.4 Å². The molecule has 0 saturated carbocycles. The van der Waals surface area contributed by atoms with Crippen LogP contribution in [0.4, 0.5) is 0 Å². The summed E-state index contributed by atoms with van der Waals surface area (Å²) in [7, 11) is 3.27. The van der Waals surface area contributed by atoms with E-state index in [4.69, 9.17) is 10.00 Å². The van der Waals surface area contributed by atoms with Crippen LogP contribution in [0.3, 0.4) is 0 Å². The van der Waals surface area contributed by atoms with Gasteiger partial charge in [0.05, 0.1) is 17.7 Å². The van der Waals surface area contributed by atoms with Crippen LogP contribution in [0.5, 0.6) is 5.75 Å². The van der Waals surface area contributed by atoms with Crippen molar-refractivity contribution < 1.29 is 4.74 Å². The van der Waals surface area contributed by atoms with E-state index in [0.29, 0.717) is 9.20 Å². The highest BCUT2D eigenvalue weighted by molar-refractivity contribution is 7.07. The van der Waals surface area contributed by atoms with Gasteiger partial charge < -0.3 is 9.30 Å². The third-order valence-corrected chi connectivity index (χ3v) is 3.78. The van der Waals surface area contributed by atoms with Crippen molar-refractivity contribution in [2.75, 3.05) is 7.11 Å². The molecule has 1 aromatic carbocycles. The van der Waals surface area contributed by atoms with Crippen molar-refractivity contribution in [1.82, 2.24) is 4.57 Å². The second-order valence-electron chi connectivity index (χ2n) is 3.86. The fourth-order valence-electron chi connectivity index (χ4n) is 1.61. The van der Waals surface area contributed by atoms with Crippen molar-refractivity contribution in [3.8, 4) is 11.8 Å². The first kappa shape index (κ1) is 13.1. The molecule has 0 aliphatic rings. The smallest absolute Gasteiger partial charge is 0.268 e. The van der Waals surface area contributed by atoms with Crippen LogP contribution in [-0.2, 0) is 7.05 Å². The van der Waals surface area contributed by atoms with E-state index in [-0.39, 0.29) is 5.56 Å². The maximum absolute atomic E-state index is 12.0. The van der Waals surface area contributed by atoms with Gasteiger partial charge in [-0.2, -0.15) is 5.26 Å². The van der Waals surface area contributed by atoms with E-state index in [1.807, 2.05) is 30.3 Å². The average Bonchev–Trinajstić information content (AvgIpc) is 2.69. The molecule has 2 aromatic rings. The van der Waals surface area contributed by atoms with Gasteiger partial charge in [0.2, 0.25) is 0 Å². The van der Waals surface area contributed by atoms with Crippen molar-refractivity contribution in [3.63, 3.8) is 0 Å². The Morgan fingerprint density at radius 2 is 2.05 bits per heavy atom. The number of rotatable bonds is 2. The topological polar surface area (TPSA) is 55.0 Å². The van der Waals surface area contributed by atoms with E-state index >= 15 is 0 Å². The van der Waals surface area contributed by atoms with E-state index in [2.05, 4.69) is 0 Å². The lowest BCUT2D eigenvalue weighted by atomic mass is 10.2. The SMILES string of the molecule is COc1ccc(/C=c2/s/c(=C\C#N)n(C)c2=O)cc1. The van der Waals surface area contributed by atoms with Gasteiger partial charge in [-0.25, -0.2) is 0 Å². The molecule has 0 aliphatic carbocycles. The summed E-state index contributed by atoms with van der Waals surface area (Å²) >= 11 is 1.30. The molecular formula is C14H12N2O2S. The zero-order valence-electron chi connectivity index (χ0n) is 10.6. The maximum Gasteiger partial charge on any atom is 0.268 e. The zero-order chi connectivity index (χ0) is 13.8. The number of methoxy groups -OCH3 is 1. The van der Waals surface area contributed by atoms with Gasteiger partial charge in [-0.15, -0.1) is 11.3 Å². The van der Waals surface area contributed by atoms with E-state index in [1.165, 1.54) is 22.0 Å². The molecule has 0 aliphatic heterocycles. The first-order chi connectivity index (χ1) is 9.15. The molecule has 0 spiro atoms. The predicted molar refractivity (Wildman–Crippen MR) is 75.4 cm³/mol. The van der Waals surface area contributed by atoms with E-state index < -0.39 is 0 Å². The van der Waals surface area contributed by atoms with Crippen molar-refractivity contribution >= 4 is 23.5 Å². The fourth-order valence-corrected chi connectivity index (χ4v) is 2.59. The molecule has 96 valence electrons. The number of aromatic nitrogens is 1. The molecule has 0 bridgehead atoms. The zero-order valence-corrected chi connectivity index (χ0v) is 11.4. The van der Waals surface area contributed by atoms with Gasteiger partial charge in [0.15, 0.2) is 0 Å². The quantitative estimate of drug-likeness (QED) is 0.804. The molecular weight excluding hydrogens is 260 g/mol. The predicted octanol–water partition coefficient (Wildman–Crippen LogP) is 0.588. The highest BCUT2D eigenvalue weighted by Gasteiger charge is 2.00. The largest absolute Gasteiger partial charge is 0.497 e. The first-order valence-corrected chi connectivity index (χ1v) is 6.39. The van der Waals surface area contributed by atoms with E-state index in [1.54, 1.807) is 20.2 Å². The van der Waals surface area contributed by atoms with Gasteiger partial charge in [0.25, 0.3) is 5.56 Å². The maximum atomic E-state index is 12.0. The second kappa shape index (κ2) is 5.55. The molecule has 0 radical (unpaired) electrons. The van der Waals surface area contributed by atoms with Crippen LogP contribution in [0, 0.1) is 11.3 Å². The third kappa shape index (κ3) is 2.75. The van der Waals surface area contributed by atoms with Crippen LogP contribution in [-0.4, -0.2) is 11.7 Å². The molecule has 0 amide bonds. The summed E-state index contributed by atoms with van der Waals surface area (Å²) < 4.78 is 7.81. The van der Waals surface area contributed by atoms with Gasteiger partial charge in [-0.05, 0) is 23.8 Å². The fraction of sp³-hybridized carbons (Fsp3) is 0.143. The van der Waals surface area contributed by atoms with Crippen LogP contribution in [0.2, 0.25) is 0 Å². The van der Waals surface area contributed by atoms with Crippen molar-refractivity contribution in [2.45, 2.75) is 0 Å². The van der Waals surface area contributed by atoms with Crippen molar-refractivity contribution in [3.05, 3.63) is 49.4 Å². The Labute approximate surface area is 114 Å². The molecule has 1 aromatic heterocycles. The lowest BCUT2D eigenvalue weighted by molar-refractivity contribution is 0.415. The Kier molecular flexibility index (Phi) is 3.83. The Morgan fingerprint density at radius 1 is 1.37 bits per heavy atom. The lowest BCUT2D eigenvalue weighted by Crippen LogP contribution is -2.28. The van der Waals surface area contributed by atoms with Crippen LogP contribution in [0.15, 0.2) is 29.1 Å². The monoisotopic (exact) mass is 272 g/mol. The number of ether oxygens (including phenoxy) is 1. The molecule has 19 heavy (non-hydrogen) atoms. The van der Waals surface area contributed by atoms with Gasteiger partial charge in [-0.1, -0.05) is 12.1 Å². The number of nitriles is 1. The van der Waals surface area contributed by atoms with Gasteiger partial charge in [0, 0.05) is 13.1 Å². The molecule has 1 heterocycles. The number of hydrogen-bond acceptors (Lipinski definition) is 4. The summed E-state index contributed by atoms with van der Waals surface area (Å²) in [6.45, 7) is 0. The lowest BCUT2D eigenvalue weighted by Gasteiger charge is -1.98. The number of benzene rings is 1. The molecule has 0 unspecified atom stereocenters. The standard InChI is InChI=1S/C14H12N2O2S/c1-16-13(7-8-15)19-12(14(16)17)9-10-3-5-11(18-2)6-4-10/h3-7,9H,1-2H3/b12-9+,13-7-. The number of nitrogens with zero attached hydrogens (tertiary/aromatic N) is 2. The summed E-state index contributed by atoms with van der Waals surface area (Å²) in [5, 5.41) is 8.65. The highest BCUT2D eigenvalue weighted by atomic mass is 32.1. The van der Waals surface area contributed by atoms with Crippen molar-refractivity contribution in [1.29, 1.82) is 5.26 Å². The summed E-state index contributed by atoms with van der Waals surface area (Å²) in [4.78, 5) is 12.0. The number of thiazole rings is 1. The molecule has 0 N–H and O–H groups in total. The summed E-state index contributed by atoms with van der Waals surface area (Å²) in [5.74, 6) is 0.773. The third-order valence-electron chi connectivity index (χ3n) is 2.66. The molecule has 5 heteroatoms. The Bertz CT molecular complexity index is 792. The van der Waals surface area contributed by atoms with Gasteiger partial charge >= 0.3 is 0 Å². The second-order valence-corrected chi connectivity index (χ2v) is 4.92. The molecule has 2 rings (SSSR count). The Morgan fingerprint density at radius 3 is 2.63 bits per heavy atom. The average molecular weight is 272 g/mol. The Hall–Kier alpha value is -2.32. The van der Waals surface area contributed by atoms with Crippen LogP contribution >= 0.6 is 11.3 Å². The Balaban J connectivity index is 2.55. The van der Waals surface area contributed by atoms with Crippen LogP contribution in [0.1, 0.15) is 5.56 Å². The molecule has 0 atom stereocenters. The summed E-state index contributed by atoms with van der Waals surface area (Å²) in [6.07, 6.45) is 3.18. The summed E-state index contributed by atoms with van der Waals surface area (Å²) in [5.41, 5.74) is 0.825. The normalized spacial score (nSPS) is 12.5. The van der Waals surface area contributed by atoms with Crippen LogP contribution in [0.25, 0.3) is 12.2 Å². The molecule has 4 nitrogen and oxygen atoms in total. The number of hydrogen-bond donors (Lipinski definition) is 0. The molecule has 0 fully saturated rings. The van der Waals surface area contributed by atoms with Gasteiger partial charge in [-0.3, -0.25) is 4.79 Å². The minimum atomic E-state index is -0.0951. The van der Waals surface area contributed by atoms with E-state index in [0.717, 1.165) is 11.3 Å². The van der Waals surface area contributed by atoms with E-state index in [9.17, 15) is 4.79 Å². The first-order valence-electron chi connectivity index (χ1n) is 5.57. The minimum Gasteiger partial charge on any atom is -0.497 e. The van der Waals surface area contributed by atoms with Crippen molar-refractivity contribution in [2.24, 2.45) is 7.05 Å². The van der Waals surface area contributed by atoms with Crippen LogP contribution < -0.4 is 19.5 Å².